The summed E-state index contributed by atoms with van der Waals surface area (Å²) in [5.41, 5.74) is 1.97. The molecule has 0 unspecified atom stereocenters. The number of esters is 1. The van der Waals surface area contributed by atoms with Crippen molar-refractivity contribution in [2.75, 3.05) is 20.3 Å². The summed E-state index contributed by atoms with van der Waals surface area (Å²) in [5, 5.41) is 5.20. The summed E-state index contributed by atoms with van der Waals surface area (Å²) in [4.78, 5) is 26.7. The molecule has 0 aliphatic heterocycles. The maximum atomic E-state index is 12.9. The first-order valence-corrected chi connectivity index (χ1v) is 12.1. The third-order valence-electron chi connectivity index (χ3n) is 5.11. The molecule has 0 aliphatic rings. The van der Waals surface area contributed by atoms with Crippen molar-refractivity contribution in [2.24, 2.45) is 5.14 Å². The third-order valence-corrected chi connectivity index (χ3v) is 6.05. The van der Waals surface area contributed by atoms with Crippen LogP contribution in [0.5, 0.6) is 5.75 Å². The molecule has 0 aromatic heterocycles. The molecule has 0 bridgehead atoms. The van der Waals surface area contributed by atoms with Crippen LogP contribution in [0.4, 0.5) is 0 Å². The minimum Gasteiger partial charge on any atom is -0.495 e. The van der Waals surface area contributed by atoms with E-state index in [1.165, 1.54) is 19.2 Å². The Bertz CT molecular complexity index is 1230. The molecule has 1 amide bonds. The van der Waals surface area contributed by atoms with Gasteiger partial charge in [0.2, 0.25) is 10.0 Å². The highest BCUT2D eigenvalue weighted by Gasteiger charge is 2.21. The Morgan fingerprint density at radius 3 is 2.12 bits per heavy atom. The summed E-state index contributed by atoms with van der Waals surface area (Å²) in [6.45, 7) is 0.312. The first kappa shape index (κ1) is 24.9. The van der Waals surface area contributed by atoms with Gasteiger partial charge in [-0.15, -0.1) is 0 Å². The van der Waals surface area contributed by atoms with Gasteiger partial charge in [0.25, 0.3) is 5.91 Å². The Labute approximate surface area is 199 Å². The first-order chi connectivity index (χ1) is 16.3. The summed E-state index contributed by atoms with van der Waals surface area (Å²) in [5.74, 6) is -1.21. The predicted molar refractivity (Wildman–Crippen MR) is 127 cm³/mol. The highest BCUT2D eigenvalue weighted by Crippen LogP contribution is 2.24. The highest BCUT2D eigenvalue weighted by atomic mass is 32.2. The van der Waals surface area contributed by atoms with Crippen molar-refractivity contribution < 1.29 is 27.5 Å². The highest BCUT2D eigenvalue weighted by molar-refractivity contribution is 7.89. The number of sulfonamides is 1. The SMILES string of the molecule is COc1ccc(C(=O)OCC(=O)N(CCc2ccccc2)Cc2ccccc2)cc1S(N)(=O)=O. The van der Waals surface area contributed by atoms with Crippen LogP contribution in [0.1, 0.15) is 21.5 Å². The molecule has 0 fully saturated rings. The number of benzene rings is 3. The van der Waals surface area contributed by atoms with Gasteiger partial charge in [0.1, 0.15) is 10.6 Å². The summed E-state index contributed by atoms with van der Waals surface area (Å²) in [6, 6.07) is 23.0. The lowest BCUT2D eigenvalue weighted by atomic mass is 10.1. The van der Waals surface area contributed by atoms with Gasteiger partial charge in [-0.1, -0.05) is 60.7 Å². The number of primary sulfonamides is 1. The van der Waals surface area contributed by atoms with Gasteiger partial charge < -0.3 is 14.4 Å². The molecule has 0 saturated carbocycles. The zero-order valence-corrected chi connectivity index (χ0v) is 19.5. The smallest absolute Gasteiger partial charge is 0.338 e. The van der Waals surface area contributed by atoms with Gasteiger partial charge >= 0.3 is 5.97 Å². The van der Waals surface area contributed by atoms with Crippen molar-refractivity contribution in [1.82, 2.24) is 4.90 Å². The molecule has 0 saturated heterocycles. The van der Waals surface area contributed by atoms with Gasteiger partial charge in [-0.3, -0.25) is 4.79 Å². The second-order valence-electron chi connectivity index (χ2n) is 7.52. The van der Waals surface area contributed by atoms with Gasteiger partial charge in [-0.05, 0) is 35.7 Å². The average Bonchev–Trinajstić information content (AvgIpc) is 2.85. The van der Waals surface area contributed by atoms with E-state index >= 15 is 0 Å². The monoisotopic (exact) mass is 482 g/mol. The molecule has 8 nitrogen and oxygen atoms in total. The Morgan fingerprint density at radius 2 is 1.53 bits per heavy atom. The van der Waals surface area contributed by atoms with Gasteiger partial charge in [0, 0.05) is 13.1 Å². The topological polar surface area (TPSA) is 116 Å². The van der Waals surface area contributed by atoms with E-state index in [4.69, 9.17) is 14.6 Å². The molecule has 3 aromatic rings. The number of carbonyl (C=O) groups is 2. The third kappa shape index (κ3) is 6.90. The molecule has 3 aromatic carbocycles. The average molecular weight is 483 g/mol. The molecular weight excluding hydrogens is 456 g/mol. The molecule has 34 heavy (non-hydrogen) atoms. The fourth-order valence-electron chi connectivity index (χ4n) is 3.33. The molecule has 0 aliphatic carbocycles. The molecule has 0 atom stereocenters. The maximum absolute atomic E-state index is 12.9. The lowest BCUT2D eigenvalue weighted by molar-refractivity contribution is -0.135. The van der Waals surface area contributed by atoms with E-state index in [0.717, 1.165) is 17.2 Å². The lowest BCUT2D eigenvalue weighted by Gasteiger charge is -2.23. The van der Waals surface area contributed by atoms with E-state index in [-0.39, 0.29) is 22.1 Å². The van der Waals surface area contributed by atoms with Crippen molar-refractivity contribution in [3.05, 3.63) is 95.6 Å². The number of nitrogens with two attached hydrogens (primary N) is 1. The van der Waals surface area contributed by atoms with E-state index in [9.17, 15) is 18.0 Å². The first-order valence-electron chi connectivity index (χ1n) is 10.5. The van der Waals surface area contributed by atoms with Crippen LogP contribution in [0.3, 0.4) is 0 Å². The van der Waals surface area contributed by atoms with Crippen LogP contribution in [0.15, 0.2) is 83.8 Å². The number of methoxy groups -OCH3 is 1. The van der Waals surface area contributed by atoms with E-state index in [1.54, 1.807) is 4.90 Å². The van der Waals surface area contributed by atoms with Crippen molar-refractivity contribution in [2.45, 2.75) is 17.9 Å². The second-order valence-corrected chi connectivity index (χ2v) is 9.05. The Morgan fingerprint density at radius 1 is 0.912 bits per heavy atom. The van der Waals surface area contributed by atoms with Crippen LogP contribution in [0.25, 0.3) is 0 Å². The van der Waals surface area contributed by atoms with E-state index in [2.05, 4.69) is 0 Å². The van der Waals surface area contributed by atoms with Crippen molar-refractivity contribution in [3.8, 4) is 5.75 Å². The molecule has 9 heteroatoms. The Hall–Kier alpha value is -3.69. The number of hydrogen-bond acceptors (Lipinski definition) is 6. The number of carbonyl (C=O) groups excluding carboxylic acids is 2. The van der Waals surface area contributed by atoms with Crippen molar-refractivity contribution in [1.29, 1.82) is 0 Å². The van der Waals surface area contributed by atoms with Crippen LogP contribution in [0.2, 0.25) is 0 Å². The minimum absolute atomic E-state index is 0.00470. The molecule has 178 valence electrons. The summed E-state index contributed by atoms with van der Waals surface area (Å²) < 4.78 is 33.8. The van der Waals surface area contributed by atoms with Crippen molar-refractivity contribution in [3.63, 3.8) is 0 Å². The van der Waals surface area contributed by atoms with Gasteiger partial charge in [0.05, 0.1) is 12.7 Å². The quantitative estimate of drug-likeness (QED) is 0.444. The molecule has 2 N–H and O–H groups in total. The number of amides is 1. The molecular formula is C25H26N2O6S. The minimum atomic E-state index is -4.12. The van der Waals surface area contributed by atoms with E-state index in [0.29, 0.717) is 19.5 Å². The summed E-state index contributed by atoms with van der Waals surface area (Å²) in [7, 11) is -2.83. The largest absolute Gasteiger partial charge is 0.495 e. The number of rotatable bonds is 10. The fraction of sp³-hybridized carbons (Fsp3) is 0.200. The van der Waals surface area contributed by atoms with Crippen LogP contribution < -0.4 is 9.88 Å². The number of ether oxygens (including phenoxy) is 2. The zero-order chi connectivity index (χ0) is 24.6. The Balaban J connectivity index is 1.70. The van der Waals surface area contributed by atoms with Crippen LogP contribution in [0, 0.1) is 0 Å². The van der Waals surface area contributed by atoms with Crippen LogP contribution in [-0.2, 0) is 32.5 Å². The normalized spacial score (nSPS) is 11.0. The standard InChI is InChI=1S/C25H26N2O6S/c1-32-22-13-12-21(16-23(22)34(26,30)31)25(29)33-18-24(28)27(17-20-10-6-3-7-11-20)15-14-19-8-4-2-5-9-19/h2-13,16H,14-15,17-18H2,1H3,(H2,26,30,31). The maximum Gasteiger partial charge on any atom is 0.338 e. The number of nitrogens with zero attached hydrogens (tertiary/aromatic N) is 1. The zero-order valence-electron chi connectivity index (χ0n) is 18.7. The predicted octanol–water partition coefficient (Wildman–Crippen LogP) is 2.77. The molecule has 0 radical (unpaired) electrons. The van der Waals surface area contributed by atoms with Crippen LogP contribution in [-0.4, -0.2) is 45.5 Å². The summed E-state index contributed by atoms with van der Waals surface area (Å²) in [6.07, 6.45) is 0.642. The van der Waals surface area contributed by atoms with Crippen LogP contribution >= 0.6 is 0 Å². The number of hydrogen-bond donors (Lipinski definition) is 1. The second kappa shape index (κ2) is 11.4. The lowest BCUT2D eigenvalue weighted by Crippen LogP contribution is -2.35. The van der Waals surface area contributed by atoms with Gasteiger partial charge in [-0.2, -0.15) is 0 Å². The van der Waals surface area contributed by atoms with Crippen molar-refractivity contribution >= 4 is 21.9 Å². The van der Waals surface area contributed by atoms with Gasteiger partial charge in [0.15, 0.2) is 6.61 Å². The molecule has 0 heterocycles. The van der Waals surface area contributed by atoms with E-state index < -0.39 is 22.6 Å². The molecule has 3 rings (SSSR count). The van der Waals surface area contributed by atoms with E-state index in [1.807, 2.05) is 60.7 Å². The van der Waals surface area contributed by atoms with Gasteiger partial charge in [-0.25, -0.2) is 18.4 Å². The fourth-order valence-corrected chi connectivity index (χ4v) is 4.06. The summed E-state index contributed by atoms with van der Waals surface area (Å²) >= 11 is 0. The molecule has 0 spiro atoms. The Kier molecular flexibility index (Phi) is 8.39.